The molecule has 4 nitrogen and oxygen atoms in total. The molecule has 2 aromatic rings. The lowest BCUT2D eigenvalue weighted by Gasteiger charge is -2.39. The highest BCUT2D eigenvalue weighted by Crippen LogP contribution is 2.47. The van der Waals surface area contributed by atoms with E-state index in [-0.39, 0.29) is 17.3 Å². The minimum atomic E-state index is -0.244. The predicted molar refractivity (Wildman–Crippen MR) is 107 cm³/mol. The molecule has 1 N–H and O–H groups in total. The maximum absolute atomic E-state index is 14.0. The van der Waals surface area contributed by atoms with Gasteiger partial charge >= 0.3 is 6.03 Å². The summed E-state index contributed by atoms with van der Waals surface area (Å²) < 4.78 is 14.0. The molecule has 0 unspecified atom stereocenters. The average molecular weight is 365 g/mol. The highest BCUT2D eigenvalue weighted by molar-refractivity contribution is 6.03. The molecule has 2 aliphatic rings. The quantitative estimate of drug-likeness (QED) is 0.819. The van der Waals surface area contributed by atoms with E-state index in [9.17, 15) is 9.18 Å². The zero-order valence-electron chi connectivity index (χ0n) is 15.3. The molecule has 2 amide bonds. The number of hydrogen-bond acceptors (Lipinski definition) is 2. The molecule has 2 aromatic carbocycles. The third-order valence-corrected chi connectivity index (χ3v) is 5.75. The van der Waals surface area contributed by atoms with Gasteiger partial charge in [0.1, 0.15) is 5.82 Å². The number of nitrogens with one attached hydrogen (secondary N) is 1. The summed E-state index contributed by atoms with van der Waals surface area (Å²) in [5.74, 6) is -0.244. The first-order valence-electron chi connectivity index (χ1n) is 9.38. The first-order chi connectivity index (χ1) is 13.1. The molecule has 2 aliphatic heterocycles. The van der Waals surface area contributed by atoms with Crippen LogP contribution in [0, 0.1) is 5.82 Å². The topological polar surface area (TPSA) is 35.6 Å². The molecule has 1 fully saturated rings. The van der Waals surface area contributed by atoms with Crippen molar-refractivity contribution in [1.82, 2.24) is 4.90 Å². The molecule has 4 rings (SSSR count). The number of halogens is 1. The van der Waals surface area contributed by atoms with Gasteiger partial charge in [0.25, 0.3) is 0 Å². The van der Waals surface area contributed by atoms with Gasteiger partial charge in [-0.25, -0.2) is 9.18 Å². The zero-order valence-corrected chi connectivity index (χ0v) is 15.3. The first kappa shape index (κ1) is 17.7. The van der Waals surface area contributed by atoms with Crippen molar-refractivity contribution in [3.8, 4) is 0 Å². The van der Waals surface area contributed by atoms with Crippen LogP contribution in [-0.4, -0.2) is 37.1 Å². The van der Waals surface area contributed by atoms with Crippen molar-refractivity contribution in [3.63, 3.8) is 0 Å². The van der Waals surface area contributed by atoms with Gasteiger partial charge in [-0.15, -0.1) is 6.58 Å². The minimum Gasteiger partial charge on any atom is -0.308 e. The number of urea groups is 1. The summed E-state index contributed by atoms with van der Waals surface area (Å²) in [5.41, 5.74) is 2.36. The lowest BCUT2D eigenvalue weighted by molar-refractivity contribution is 0.180. The second kappa shape index (κ2) is 7.16. The van der Waals surface area contributed by atoms with Crippen molar-refractivity contribution in [2.75, 3.05) is 36.4 Å². The van der Waals surface area contributed by atoms with Crippen molar-refractivity contribution < 1.29 is 9.18 Å². The van der Waals surface area contributed by atoms with Crippen LogP contribution in [0.2, 0.25) is 0 Å². The van der Waals surface area contributed by atoms with Crippen LogP contribution in [0.4, 0.5) is 20.6 Å². The molecule has 0 radical (unpaired) electrons. The normalized spacial score (nSPS) is 18.3. The van der Waals surface area contributed by atoms with E-state index in [1.165, 1.54) is 6.07 Å². The van der Waals surface area contributed by atoms with Crippen LogP contribution in [0.3, 0.4) is 0 Å². The molecule has 27 heavy (non-hydrogen) atoms. The number of nitrogens with zero attached hydrogens (tertiary/aromatic N) is 2. The molecule has 0 saturated carbocycles. The molecular weight excluding hydrogens is 341 g/mol. The van der Waals surface area contributed by atoms with Gasteiger partial charge < -0.3 is 5.32 Å². The third-order valence-electron chi connectivity index (χ3n) is 5.75. The van der Waals surface area contributed by atoms with Gasteiger partial charge in [0.2, 0.25) is 0 Å². The smallest absolute Gasteiger partial charge is 0.308 e. The van der Waals surface area contributed by atoms with Crippen LogP contribution in [0.1, 0.15) is 18.4 Å². The van der Waals surface area contributed by atoms with Gasteiger partial charge in [0, 0.05) is 29.9 Å². The van der Waals surface area contributed by atoms with Crippen molar-refractivity contribution >= 4 is 17.4 Å². The number of anilines is 2. The molecule has 0 aliphatic carbocycles. The number of rotatable bonds is 3. The SMILES string of the molecule is C=CCN1CCC2(CC1)CN(C(=O)Nc1ccccc1)c1ccc(F)cc12. The molecule has 0 atom stereocenters. The molecule has 1 saturated heterocycles. The van der Waals surface area contributed by atoms with Crippen LogP contribution >= 0.6 is 0 Å². The van der Waals surface area contributed by atoms with Gasteiger partial charge in [0.05, 0.1) is 0 Å². The van der Waals surface area contributed by atoms with E-state index in [2.05, 4.69) is 16.8 Å². The van der Waals surface area contributed by atoms with E-state index in [0.717, 1.165) is 49.4 Å². The van der Waals surface area contributed by atoms with Gasteiger partial charge in [-0.3, -0.25) is 9.80 Å². The van der Waals surface area contributed by atoms with Crippen LogP contribution in [-0.2, 0) is 5.41 Å². The number of likely N-dealkylation sites (tertiary alicyclic amines) is 1. The maximum Gasteiger partial charge on any atom is 0.326 e. The number of benzene rings is 2. The van der Waals surface area contributed by atoms with E-state index in [0.29, 0.717) is 6.54 Å². The zero-order chi connectivity index (χ0) is 18.9. The Morgan fingerprint density at radius 3 is 2.63 bits per heavy atom. The molecular formula is C22H24FN3O. The average Bonchev–Trinajstić information content (AvgIpc) is 2.99. The molecule has 5 heteroatoms. The second-order valence-corrected chi connectivity index (χ2v) is 7.41. The van der Waals surface area contributed by atoms with E-state index in [4.69, 9.17) is 0 Å². The van der Waals surface area contributed by atoms with Crippen molar-refractivity contribution in [1.29, 1.82) is 0 Å². The van der Waals surface area contributed by atoms with Crippen molar-refractivity contribution in [2.24, 2.45) is 0 Å². The Morgan fingerprint density at radius 2 is 1.93 bits per heavy atom. The summed E-state index contributed by atoms with van der Waals surface area (Å²) in [4.78, 5) is 17.1. The Labute approximate surface area is 159 Å². The highest BCUT2D eigenvalue weighted by atomic mass is 19.1. The Kier molecular flexibility index (Phi) is 4.70. The second-order valence-electron chi connectivity index (χ2n) is 7.41. The predicted octanol–water partition coefficient (Wildman–Crippen LogP) is 4.40. The van der Waals surface area contributed by atoms with Crippen LogP contribution in [0.5, 0.6) is 0 Å². The Hall–Kier alpha value is -2.66. The van der Waals surface area contributed by atoms with Gasteiger partial charge in [-0.1, -0.05) is 24.3 Å². The van der Waals surface area contributed by atoms with E-state index in [1.54, 1.807) is 17.0 Å². The van der Waals surface area contributed by atoms with Gasteiger partial charge in [0.15, 0.2) is 0 Å². The lowest BCUT2D eigenvalue weighted by atomic mass is 9.74. The standard InChI is InChI=1S/C22H24FN3O/c1-2-12-25-13-10-22(11-14-25)16-26(20-9-8-17(23)15-19(20)22)21(27)24-18-6-4-3-5-7-18/h2-9,15H,1,10-14,16H2,(H,24,27). The number of fused-ring (bicyclic) bond motifs is 2. The Balaban J connectivity index is 1.60. The Bertz CT molecular complexity index is 844. The number of amides is 2. The molecule has 2 heterocycles. The summed E-state index contributed by atoms with van der Waals surface area (Å²) in [6.45, 7) is 7.12. The maximum atomic E-state index is 14.0. The fourth-order valence-electron chi connectivity index (χ4n) is 4.31. The summed E-state index contributed by atoms with van der Waals surface area (Å²) in [6, 6.07) is 14.0. The fourth-order valence-corrected chi connectivity index (χ4v) is 4.31. The van der Waals surface area contributed by atoms with Crippen LogP contribution in [0.25, 0.3) is 0 Å². The van der Waals surface area contributed by atoms with E-state index < -0.39 is 0 Å². The molecule has 1 spiro atoms. The minimum absolute atomic E-state index is 0.167. The van der Waals surface area contributed by atoms with E-state index in [1.807, 2.05) is 36.4 Å². The first-order valence-corrected chi connectivity index (χ1v) is 9.38. The van der Waals surface area contributed by atoms with Crippen LogP contribution in [0.15, 0.2) is 61.2 Å². The third kappa shape index (κ3) is 3.35. The van der Waals surface area contributed by atoms with E-state index >= 15 is 0 Å². The van der Waals surface area contributed by atoms with Crippen molar-refractivity contribution in [2.45, 2.75) is 18.3 Å². The van der Waals surface area contributed by atoms with Gasteiger partial charge in [-0.2, -0.15) is 0 Å². The summed E-state index contributed by atoms with van der Waals surface area (Å²) in [6.07, 6.45) is 3.73. The number of para-hydroxylation sites is 1. The number of piperidine rings is 1. The number of carbonyl (C=O) groups is 1. The monoisotopic (exact) mass is 365 g/mol. The fraction of sp³-hybridized carbons (Fsp3) is 0.318. The highest BCUT2D eigenvalue weighted by Gasteiger charge is 2.46. The van der Waals surface area contributed by atoms with Crippen LogP contribution < -0.4 is 10.2 Å². The number of hydrogen-bond donors (Lipinski definition) is 1. The van der Waals surface area contributed by atoms with Gasteiger partial charge in [-0.05, 0) is 61.8 Å². The Morgan fingerprint density at radius 1 is 1.19 bits per heavy atom. The molecule has 0 aromatic heterocycles. The summed E-state index contributed by atoms with van der Waals surface area (Å²) >= 11 is 0. The molecule has 0 bridgehead atoms. The summed E-state index contributed by atoms with van der Waals surface area (Å²) in [5, 5.41) is 2.96. The largest absolute Gasteiger partial charge is 0.326 e. The summed E-state index contributed by atoms with van der Waals surface area (Å²) in [7, 11) is 0. The lowest BCUT2D eigenvalue weighted by Crippen LogP contribution is -2.46. The molecule has 140 valence electrons. The number of carbonyl (C=O) groups excluding carboxylic acids is 1. The van der Waals surface area contributed by atoms with Crippen molar-refractivity contribution in [3.05, 3.63) is 72.6 Å².